The van der Waals surface area contributed by atoms with Gasteiger partial charge in [-0.3, -0.25) is 9.59 Å². The first-order chi connectivity index (χ1) is 23.2. The lowest BCUT2D eigenvalue weighted by atomic mass is 9.92. The van der Waals surface area contributed by atoms with Gasteiger partial charge in [-0.15, -0.1) is 4.74 Å². The highest BCUT2D eigenvalue weighted by Gasteiger charge is 2.62. The molecule has 261 valence electrons. The Morgan fingerprint density at radius 2 is 1.44 bits per heavy atom. The first-order valence-electron chi connectivity index (χ1n) is 15.9. The molecule has 0 aromatic carbocycles. The minimum Gasteiger partial charge on any atom is -0.506 e. The first kappa shape index (κ1) is 40.9. The van der Waals surface area contributed by atoms with E-state index in [4.69, 9.17) is 9.47 Å². The molecule has 2 fully saturated rings. The predicted octanol–water partition coefficient (Wildman–Crippen LogP) is 7.93. The van der Waals surface area contributed by atoms with Crippen molar-refractivity contribution in [3.8, 4) is 11.8 Å². The Bertz CT molecular complexity index is 1650. The maximum Gasteiger partial charge on any atom is 0.355 e. The molecule has 0 aromatic heterocycles. The van der Waals surface area contributed by atoms with Crippen LogP contribution in [0.1, 0.15) is 70.6 Å². The smallest absolute Gasteiger partial charge is 0.355 e. The lowest BCUT2D eigenvalue weighted by Gasteiger charge is -2.21. The van der Waals surface area contributed by atoms with Gasteiger partial charge in [-0.25, -0.2) is 9.90 Å². The summed E-state index contributed by atoms with van der Waals surface area (Å²) in [6.07, 6.45) is 2.57. The van der Waals surface area contributed by atoms with Crippen molar-refractivity contribution in [2.45, 2.75) is 87.9 Å². The highest BCUT2D eigenvalue weighted by atomic mass is 16.6. The zero-order valence-electron chi connectivity index (χ0n) is 28.7. The highest BCUT2D eigenvalue weighted by molar-refractivity contribution is 6.27. The summed E-state index contributed by atoms with van der Waals surface area (Å²) in [6.45, 7) is 38.1. The van der Waals surface area contributed by atoms with Gasteiger partial charge in [-0.05, 0) is 49.0 Å². The molecule has 1 radical (unpaired) electrons. The molecule has 9 heteroatoms. The maximum atomic E-state index is 12.9. The fourth-order valence-corrected chi connectivity index (χ4v) is 5.26. The van der Waals surface area contributed by atoms with Gasteiger partial charge < -0.3 is 20.1 Å². The fourth-order valence-electron chi connectivity index (χ4n) is 5.26. The second-order valence-electron chi connectivity index (χ2n) is 12.8. The Hall–Kier alpha value is -5.26. The minimum absolute atomic E-state index is 0.104. The van der Waals surface area contributed by atoms with Crippen molar-refractivity contribution in [3.63, 3.8) is 0 Å². The first-order valence-corrected chi connectivity index (χ1v) is 15.9. The number of hydrogen-bond acceptors (Lipinski definition) is 8. The minimum atomic E-state index is -1.17. The Balaban J connectivity index is 1.85. The average Bonchev–Trinajstić information content (AvgIpc) is 3.63. The molecule has 0 aromatic rings. The summed E-state index contributed by atoms with van der Waals surface area (Å²) in [6, 6.07) is 0. The molecule has 3 N–H and O–H groups in total. The van der Waals surface area contributed by atoms with Gasteiger partial charge in [-0.2, -0.15) is 0 Å². The van der Waals surface area contributed by atoms with Crippen LogP contribution in [0, 0.1) is 31.8 Å². The molecule has 50 heavy (non-hydrogen) atoms. The number of allylic oxidation sites excluding steroid dienone is 6. The van der Waals surface area contributed by atoms with Crippen molar-refractivity contribution in [2.75, 3.05) is 0 Å². The third-order valence-electron chi connectivity index (χ3n) is 8.30. The predicted molar refractivity (Wildman–Crippen MR) is 191 cm³/mol. The van der Waals surface area contributed by atoms with Gasteiger partial charge in [0, 0.05) is 12.8 Å². The highest BCUT2D eigenvalue weighted by Crippen LogP contribution is 2.46. The van der Waals surface area contributed by atoms with Crippen molar-refractivity contribution in [1.29, 1.82) is 0 Å². The molecular weight excluding hydrogens is 636 g/mol. The number of carbonyl (C=O) groups is 3. The van der Waals surface area contributed by atoms with E-state index in [1.807, 2.05) is 0 Å². The molecular formula is C41H46O9+3. The van der Waals surface area contributed by atoms with E-state index in [2.05, 4.69) is 84.1 Å². The molecule has 0 amide bonds. The largest absolute Gasteiger partial charge is 0.506 e. The van der Waals surface area contributed by atoms with Gasteiger partial charge in [0.1, 0.15) is 26.4 Å². The van der Waals surface area contributed by atoms with E-state index in [1.54, 1.807) is 0 Å². The van der Waals surface area contributed by atoms with Crippen LogP contribution < -0.4 is 0 Å². The second-order valence-corrected chi connectivity index (χ2v) is 12.8. The van der Waals surface area contributed by atoms with E-state index in [-0.39, 0.29) is 66.6 Å². The van der Waals surface area contributed by atoms with Crippen molar-refractivity contribution >= 4 is 17.5 Å². The number of carbonyl (C=O) groups excluding carboxylic acids is 3. The lowest BCUT2D eigenvalue weighted by Crippen LogP contribution is -2.41. The molecule has 2 heterocycles. The third-order valence-corrected chi connectivity index (χ3v) is 8.30. The zero-order valence-corrected chi connectivity index (χ0v) is 28.7. The maximum absolute atomic E-state index is 12.9. The lowest BCUT2D eigenvalue weighted by molar-refractivity contribution is -0.143. The molecule has 0 saturated carbocycles. The zero-order chi connectivity index (χ0) is 38.0. The van der Waals surface area contributed by atoms with Crippen molar-refractivity contribution in [3.05, 3.63) is 135 Å². The third kappa shape index (κ3) is 11.7. The monoisotopic (exact) mass is 682 g/mol. The van der Waals surface area contributed by atoms with Gasteiger partial charge in [-0.1, -0.05) is 81.2 Å². The molecule has 2 rings (SSSR count). The van der Waals surface area contributed by atoms with Crippen molar-refractivity contribution < 1.29 is 44.3 Å². The summed E-state index contributed by atoms with van der Waals surface area (Å²) in [5, 5.41) is 41.2. The van der Waals surface area contributed by atoms with E-state index < -0.39 is 46.4 Å². The van der Waals surface area contributed by atoms with Gasteiger partial charge in [0.15, 0.2) is 23.7 Å². The number of aliphatic hydroxyl groups is 3. The van der Waals surface area contributed by atoms with Crippen LogP contribution in [0.15, 0.2) is 115 Å². The van der Waals surface area contributed by atoms with Crippen LogP contribution in [0.25, 0.3) is 0 Å². The normalized spacial score (nSPS) is 20.7. The molecule has 0 aliphatic carbocycles. The van der Waals surface area contributed by atoms with Crippen LogP contribution in [0.5, 0.6) is 0 Å². The Labute approximate surface area is 295 Å². The molecule has 0 bridgehead atoms. The van der Waals surface area contributed by atoms with E-state index in [1.165, 1.54) is 0 Å². The summed E-state index contributed by atoms with van der Waals surface area (Å²) in [5.41, 5.74) is 2.17. The average molecular weight is 683 g/mol. The number of ether oxygens (including phenoxy) is 2. The second kappa shape index (κ2) is 17.4. The number of rotatable bonds is 19. The fraction of sp³-hybridized carbons (Fsp3) is 0.341. The SMILES string of the molecule is C=C(CCC([O])=O)CC(=C)CC(=C)C(O)=C=C(O)C(=C)CC(=C)CC#CC(=C)C(=O)C(=C)C(=O)C[C+]1CC[C@@]([CH2+])([C@@H]2CC[C@]([CH2+])(C(=C)O)O2)O1. The van der Waals surface area contributed by atoms with Crippen LogP contribution >= 0.6 is 0 Å². The molecule has 0 unspecified atom stereocenters. The summed E-state index contributed by atoms with van der Waals surface area (Å²) >= 11 is 0. The van der Waals surface area contributed by atoms with Crippen LogP contribution in [-0.4, -0.2) is 50.2 Å². The Morgan fingerprint density at radius 1 is 0.840 bits per heavy atom. The van der Waals surface area contributed by atoms with E-state index in [9.17, 15) is 34.8 Å². The quantitative estimate of drug-likeness (QED) is 0.0143. The van der Waals surface area contributed by atoms with Crippen LogP contribution in [0.3, 0.4) is 0 Å². The number of hydrogen-bond donors (Lipinski definition) is 3. The van der Waals surface area contributed by atoms with Gasteiger partial charge in [0.05, 0.1) is 24.0 Å². The van der Waals surface area contributed by atoms with Gasteiger partial charge >= 0.3 is 5.97 Å². The number of Topliss-reactive ketones (excluding diaryl/α,β-unsaturated/α-hetero) is 2. The molecule has 9 nitrogen and oxygen atoms in total. The molecule has 2 aliphatic heterocycles. The molecule has 2 saturated heterocycles. The van der Waals surface area contributed by atoms with Crippen molar-refractivity contribution in [1.82, 2.24) is 0 Å². The van der Waals surface area contributed by atoms with Crippen LogP contribution in [0.2, 0.25) is 0 Å². The molecule has 0 spiro atoms. The Morgan fingerprint density at radius 3 is 2.00 bits per heavy atom. The van der Waals surface area contributed by atoms with Crippen LogP contribution in [-0.2, 0) is 29.0 Å². The summed E-state index contributed by atoms with van der Waals surface area (Å²) < 4.78 is 11.9. The van der Waals surface area contributed by atoms with Crippen LogP contribution in [0.4, 0.5) is 0 Å². The van der Waals surface area contributed by atoms with Crippen molar-refractivity contribution in [2.24, 2.45) is 0 Å². The summed E-state index contributed by atoms with van der Waals surface area (Å²) in [5.74, 6) is 1.99. The van der Waals surface area contributed by atoms with E-state index in [0.717, 1.165) is 0 Å². The molecule has 3 atom stereocenters. The summed E-state index contributed by atoms with van der Waals surface area (Å²) in [4.78, 5) is 36.3. The van der Waals surface area contributed by atoms with Gasteiger partial charge in [0.2, 0.25) is 11.6 Å². The standard InChI is InChI=1S/C41H43O9/c1-25(21-29(5)34(43)24-35(44)30(6)22-27(3)20-26(2)14-15-38(46)47)12-11-13-28(4)39(48)31(7)36(45)23-33-16-18-41(10,49-33)37-17-19-40(9,50-37)32(8)42/h37H,1-10,12,14-23H2/p+3/t24?,37-,40+,41-/m0/s1. The van der Waals surface area contributed by atoms with E-state index in [0.29, 0.717) is 54.9 Å². The number of ketones is 2. The van der Waals surface area contributed by atoms with E-state index >= 15 is 0 Å². The summed E-state index contributed by atoms with van der Waals surface area (Å²) in [7, 11) is 0. The topological polar surface area (TPSA) is 150 Å². The Kier molecular flexibility index (Phi) is 14.2. The number of aliphatic hydroxyl groups excluding tert-OH is 3. The van der Waals surface area contributed by atoms with Gasteiger partial charge in [0.25, 0.3) is 17.3 Å². The molecule has 2 aliphatic rings.